The summed E-state index contributed by atoms with van der Waals surface area (Å²) >= 11 is 6.01. The van der Waals surface area contributed by atoms with Crippen molar-refractivity contribution in [3.8, 4) is 0 Å². The van der Waals surface area contributed by atoms with Crippen LogP contribution in [0.4, 0.5) is 13.2 Å². The van der Waals surface area contributed by atoms with Crippen molar-refractivity contribution in [1.29, 1.82) is 0 Å². The van der Waals surface area contributed by atoms with E-state index in [2.05, 4.69) is 11.6 Å². The van der Waals surface area contributed by atoms with Gasteiger partial charge in [-0.1, -0.05) is 36.4 Å². The van der Waals surface area contributed by atoms with Crippen LogP contribution in [0.5, 0.6) is 0 Å². The number of rotatable bonds is 6. The van der Waals surface area contributed by atoms with Gasteiger partial charge in [0, 0.05) is 31.2 Å². The highest BCUT2D eigenvalue weighted by Gasteiger charge is 2.56. The van der Waals surface area contributed by atoms with Crippen LogP contribution in [0.1, 0.15) is 35.2 Å². The number of benzene rings is 1. The first-order chi connectivity index (χ1) is 13.7. The van der Waals surface area contributed by atoms with Crippen molar-refractivity contribution in [3.05, 3.63) is 83.4 Å². The molecular weight excluding hydrogens is 403 g/mol. The number of ketones is 1. The van der Waals surface area contributed by atoms with Gasteiger partial charge in [0.15, 0.2) is 5.78 Å². The molecule has 1 aliphatic rings. The van der Waals surface area contributed by atoms with Crippen LogP contribution in [0, 0.1) is 11.7 Å². The van der Waals surface area contributed by atoms with Crippen LogP contribution in [0.25, 0.3) is 5.57 Å². The number of carbonyl (C=O) groups excluding carboxylic acids is 1. The lowest BCUT2D eigenvalue weighted by Crippen LogP contribution is -2.54. The van der Waals surface area contributed by atoms with E-state index in [1.54, 1.807) is 6.08 Å². The van der Waals surface area contributed by atoms with Gasteiger partial charge in [0.1, 0.15) is 11.4 Å². The minimum absolute atomic E-state index is 0.0380. The molecule has 1 aliphatic carbocycles. The molecule has 7 heteroatoms. The first kappa shape index (κ1) is 21.3. The number of halogens is 4. The van der Waals surface area contributed by atoms with Crippen molar-refractivity contribution in [2.45, 2.75) is 30.8 Å². The van der Waals surface area contributed by atoms with Gasteiger partial charge in [-0.2, -0.15) is 8.78 Å². The van der Waals surface area contributed by atoms with Gasteiger partial charge in [-0.25, -0.2) is 4.39 Å². The fourth-order valence-corrected chi connectivity index (χ4v) is 3.82. The van der Waals surface area contributed by atoms with E-state index in [4.69, 9.17) is 11.6 Å². The predicted octanol–water partition coefficient (Wildman–Crippen LogP) is 5.49. The average molecular weight is 422 g/mol. The van der Waals surface area contributed by atoms with E-state index in [-0.39, 0.29) is 23.4 Å². The number of nitrogens with zero attached hydrogens (tertiary/aromatic N) is 1. The third-order valence-corrected chi connectivity index (χ3v) is 5.66. The van der Waals surface area contributed by atoms with E-state index in [1.165, 1.54) is 42.7 Å². The Labute approximate surface area is 171 Å². The number of aliphatic hydroxyl groups is 1. The number of hydrogen-bond donors (Lipinski definition) is 1. The van der Waals surface area contributed by atoms with Crippen LogP contribution in [0.3, 0.4) is 0 Å². The fourth-order valence-electron chi connectivity index (χ4n) is 3.61. The second kappa shape index (κ2) is 8.13. The lowest BCUT2D eigenvalue weighted by Gasteiger charge is -2.43. The van der Waals surface area contributed by atoms with Gasteiger partial charge in [-0.05, 0) is 41.8 Å². The lowest BCUT2D eigenvalue weighted by atomic mass is 9.68. The van der Waals surface area contributed by atoms with Crippen LogP contribution in [0.2, 0.25) is 5.02 Å². The molecule has 2 unspecified atom stereocenters. The Kier molecular flexibility index (Phi) is 5.96. The predicted molar refractivity (Wildman–Crippen MR) is 105 cm³/mol. The average Bonchev–Trinajstić information content (AvgIpc) is 2.70. The Morgan fingerprint density at radius 2 is 2.03 bits per heavy atom. The minimum atomic E-state index is -3.64. The van der Waals surface area contributed by atoms with Crippen molar-refractivity contribution >= 4 is 23.0 Å². The first-order valence-electron chi connectivity index (χ1n) is 8.99. The van der Waals surface area contributed by atoms with E-state index in [9.17, 15) is 23.1 Å². The summed E-state index contributed by atoms with van der Waals surface area (Å²) in [5.74, 6) is -5.64. The maximum absolute atomic E-state index is 14.8. The summed E-state index contributed by atoms with van der Waals surface area (Å²) in [5, 5.41) is 11.2. The van der Waals surface area contributed by atoms with Gasteiger partial charge in [0.25, 0.3) is 5.92 Å². The third kappa shape index (κ3) is 4.14. The monoisotopic (exact) mass is 421 g/mol. The molecule has 1 heterocycles. The molecule has 0 radical (unpaired) electrons. The number of alkyl halides is 2. The highest BCUT2D eigenvalue weighted by Crippen LogP contribution is 2.48. The number of carbonyl (C=O) groups is 1. The van der Waals surface area contributed by atoms with E-state index in [0.29, 0.717) is 17.2 Å². The number of Topliss-reactive ketones (excluding diaryl/α,β-unsaturated/α-hetero) is 1. The largest absolute Gasteiger partial charge is 0.383 e. The molecule has 0 aliphatic heterocycles. The zero-order chi connectivity index (χ0) is 21.2. The number of pyridine rings is 1. The molecule has 2 aromatic rings. The molecule has 0 spiro atoms. The molecule has 29 heavy (non-hydrogen) atoms. The molecule has 1 N–H and O–H groups in total. The summed E-state index contributed by atoms with van der Waals surface area (Å²) in [6.07, 6.45) is 4.08. The zero-order valence-corrected chi connectivity index (χ0v) is 16.2. The maximum atomic E-state index is 14.8. The highest BCUT2D eigenvalue weighted by atomic mass is 35.5. The quantitative estimate of drug-likeness (QED) is 0.495. The molecule has 3 rings (SSSR count). The summed E-state index contributed by atoms with van der Waals surface area (Å²) < 4.78 is 42.7. The van der Waals surface area contributed by atoms with Gasteiger partial charge in [-0.3, -0.25) is 9.78 Å². The molecule has 0 saturated heterocycles. The van der Waals surface area contributed by atoms with E-state index in [0.717, 1.165) is 0 Å². The fraction of sp³-hybridized carbons (Fsp3) is 0.273. The second-order valence-electron chi connectivity index (χ2n) is 7.08. The Balaban J connectivity index is 1.95. The van der Waals surface area contributed by atoms with Gasteiger partial charge < -0.3 is 5.11 Å². The molecule has 0 saturated carbocycles. The van der Waals surface area contributed by atoms with E-state index >= 15 is 0 Å². The molecule has 0 amide bonds. The number of aromatic nitrogens is 1. The van der Waals surface area contributed by atoms with Gasteiger partial charge in [-0.15, -0.1) is 0 Å². The van der Waals surface area contributed by atoms with Crippen molar-refractivity contribution in [2.75, 3.05) is 0 Å². The molecule has 2 atom stereocenters. The first-order valence-corrected chi connectivity index (χ1v) is 9.37. The second-order valence-corrected chi connectivity index (χ2v) is 7.49. The molecule has 152 valence electrons. The van der Waals surface area contributed by atoms with Crippen molar-refractivity contribution in [1.82, 2.24) is 4.98 Å². The van der Waals surface area contributed by atoms with Crippen LogP contribution in [0.15, 0.2) is 61.5 Å². The van der Waals surface area contributed by atoms with Gasteiger partial charge in [0.2, 0.25) is 0 Å². The zero-order valence-electron chi connectivity index (χ0n) is 15.4. The molecule has 0 fully saturated rings. The van der Waals surface area contributed by atoms with E-state index < -0.39 is 35.5 Å². The summed E-state index contributed by atoms with van der Waals surface area (Å²) in [6, 6.07) is 6.82. The Morgan fingerprint density at radius 3 is 2.66 bits per heavy atom. The van der Waals surface area contributed by atoms with Crippen LogP contribution in [-0.4, -0.2) is 27.4 Å². The van der Waals surface area contributed by atoms with Crippen molar-refractivity contribution in [2.24, 2.45) is 5.92 Å². The van der Waals surface area contributed by atoms with E-state index in [1.807, 2.05) is 0 Å². The summed E-state index contributed by atoms with van der Waals surface area (Å²) in [5.41, 5.74) is -1.42. The van der Waals surface area contributed by atoms with Gasteiger partial charge >= 0.3 is 0 Å². The standard InChI is InChI=1S/C22H19ClF3NO2/c1-2-22(25,26)21(29)12-15(14-4-7-17(24)8-5-14)3-6-16(21)11-20(28)18-13-27-10-9-19(18)23/h2-5,7-10,13,16,29H,1,6,11-12H2. The Hall–Kier alpha value is -2.44. The molecule has 3 nitrogen and oxygen atoms in total. The van der Waals surface area contributed by atoms with Crippen LogP contribution in [-0.2, 0) is 0 Å². The number of allylic oxidation sites excluding steroid dienone is 1. The van der Waals surface area contributed by atoms with Crippen LogP contribution < -0.4 is 0 Å². The van der Waals surface area contributed by atoms with Gasteiger partial charge in [0.05, 0.1) is 10.6 Å². The van der Waals surface area contributed by atoms with Crippen LogP contribution >= 0.6 is 11.6 Å². The maximum Gasteiger partial charge on any atom is 0.294 e. The SMILES string of the molecule is C=CC(F)(F)C1(O)CC(c2ccc(F)cc2)=CCC1CC(=O)c1cnccc1Cl. The molecule has 1 aromatic heterocycles. The molecule has 1 aromatic carbocycles. The van der Waals surface area contributed by atoms with Crippen molar-refractivity contribution < 1.29 is 23.1 Å². The normalized spacial score (nSPS) is 22.1. The molecule has 0 bridgehead atoms. The highest BCUT2D eigenvalue weighted by molar-refractivity contribution is 6.33. The Bertz CT molecular complexity index is 959. The topological polar surface area (TPSA) is 50.2 Å². The molecular formula is C22H19ClF3NO2. The summed E-state index contributed by atoms with van der Waals surface area (Å²) in [4.78, 5) is 16.5. The third-order valence-electron chi connectivity index (χ3n) is 5.33. The number of hydrogen-bond acceptors (Lipinski definition) is 3. The lowest BCUT2D eigenvalue weighted by molar-refractivity contribution is -0.178. The van der Waals surface area contributed by atoms with Crippen molar-refractivity contribution in [3.63, 3.8) is 0 Å². The minimum Gasteiger partial charge on any atom is -0.383 e. The smallest absolute Gasteiger partial charge is 0.294 e. The summed E-state index contributed by atoms with van der Waals surface area (Å²) in [7, 11) is 0. The summed E-state index contributed by atoms with van der Waals surface area (Å²) in [6.45, 7) is 3.15. The Morgan fingerprint density at radius 1 is 1.34 bits per heavy atom.